The molecule has 3 amide bonds. The predicted molar refractivity (Wildman–Crippen MR) is 101 cm³/mol. The van der Waals surface area contributed by atoms with Crippen LogP contribution < -0.4 is 15.8 Å². The molecule has 0 saturated carbocycles. The maximum Gasteiger partial charge on any atom is 0.315 e. The van der Waals surface area contributed by atoms with E-state index in [0.29, 0.717) is 18.8 Å². The summed E-state index contributed by atoms with van der Waals surface area (Å²) < 4.78 is 6.04. The maximum atomic E-state index is 12.5. The van der Waals surface area contributed by atoms with Gasteiger partial charge in [-0.15, -0.1) is 0 Å². The monoisotopic (exact) mass is 368 g/mol. The van der Waals surface area contributed by atoms with E-state index in [1.54, 1.807) is 12.3 Å². The van der Waals surface area contributed by atoms with Crippen molar-refractivity contribution in [1.82, 2.24) is 15.2 Å². The lowest BCUT2D eigenvalue weighted by Crippen LogP contribution is -2.47. The van der Waals surface area contributed by atoms with E-state index in [4.69, 9.17) is 10.5 Å². The average molecular weight is 368 g/mol. The fourth-order valence-electron chi connectivity index (χ4n) is 3.31. The first-order valence-electron chi connectivity index (χ1n) is 8.99. The standard InChI is InChI=1S/C20H24N4O3/c1-13-6-3-7-14(2)17(13)27-19-15(8-4-10-22-19)12-23-18(25)16-9-5-11-24(16)20(21)26/h3-4,6-8,10,16H,5,9,11-12H2,1-2H3,(H2,21,26)(H,23,25). The Morgan fingerprint density at radius 2 is 2.00 bits per heavy atom. The van der Waals surface area contributed by atoms with Gasteiger partial charge in [0.05, 0.1) is 0 Å². The summed E-state index contributed by atoms with van der Waals surface area (Å²) in [5.41, 5.74) is 8.14. The van der Waals surface area contributed by atoms with Gasteiger partial charge >= 0.3 is 6.03 Å². The fraction of sp³-hybridized carbons (Fsp3) is 0.350. The molecule has 7 heteroatoms. The van der Waals surface area contributed by atoms with Crippen LogP contribution in [0.25, 0.3) is 0 Å². The normalized spacial score (nSPS) is 16.2. The van der Waals surface area contributed by atoms with E-state index in [1.165, 1.54) is 4.90 Å². The van der Waals surface area contributed by atoms with Crippen molar-refractivity contribution in [2.75, 3.05) is 6.54 Å². The number of hydrogen-bond acceptors (Lipinski definition) is 4. The molecule has 1 atom stereocenters. The first kappa shape index (κ1) is 18.7. The van der Waals surface area contributed by atoms with E-state index in [2.05, 4.69) is 10.3 Å². The number of carbonyl (C=O) groups excluding carboxylic acids is 2. The van der Waals surface area contributed by atoms with Crippen LogP contribution in [-0.2, 0) is 11.3 Å². The zero-order valence-electron chi connectivity index (χ0n) is 15.6. The number of amides is 3. The number of urea groups is 1. The van der Waals surface area contributed by atoms with Crippen LogP contribution in [0.2, 0.25) is 0 Å². The third-order valence-electron chi connectivity index (χ3n) is 4.75. The van der Waals surface area contributed by atoms with Crippen LogP contribution in [0, 0.1) is 13.8 Å². The summed E-state index contributed by atoms with van der Waals surface area (Å²) in [7, 11) is 0. The fourth-order valence-corrected chi connectivity index (χ4v) is 3.31. The second-order valence-corrected chi connectivity index (χ2v) is 6.70. The molecule has 1 unspecified atom stereocenters. The molecular weight excluding hydrogens is 344 g/mol. The summed E-state index contributed by atoms with van der Waals surface area (Å²) in [5.74, 6) is 1.00. The Morgan fingerprint density at radius 3 is 2.70 bits per heavy atom. The highest BCUT2D eigenvalue weighted by molar-refractivity contribution is 5.87. The summed E-state index contributed by atoms with van der Waals surface area (Å²) in [6.07, 6.45) is 3.04. The average Bonchev–Trinajstić information content (AvgIpc) is 3.14. The topological polar surface area (TPSA) is 97.6 Å². The zero-order valence-corrected chi connectivity index (χ0v) is 15.6. The summed E-state index contributed by atoms with van der Waals surface area (Å²) in [6.45, 7) is 4.73. The van der Waals surface area contributed by atoms with Crippen molar-refractivity contribution in [3.8, 4) is 11.6 Å². The molecule has 1 saturated heterocycles. The van der Waals surface area contributed by atoms with Gasteiger partial charge in [-0.1, -0.05) is 24.3 Å². The number of rotatable bonds is 5. The van der Waals surface area contributed by atoms with Crippen molar-refractivity contribution in [1.29, 1.82) is 0 Å². The molecule has 142 valence electrons. The Kier molecular flexibility index (Phi) is 5.59. The van der Waals surface area contributed by atoms with Crippen LogP contribution in [0.4, 0.5) is 4.79 Å². The number of benzene rings is 1. The predicted octanol–water partition coefficient (Wildman–Crippen LogP) is 2.65. The number of aromatic nitrogens is 1. The van der Waals surface area contributed by atoms with Crippen LogP contribution in [0.3, 0.4) is 0 Å². The van der Waals surface area contributed by atoms with Crippen molar-refractivity contribution < 1.29 is 14.3 Å². The number of nitrogens with one attached hydrogen (secondary N) is 1. The number of para-hydroxylation sites is 1. The molecule has 3 rings (SSSR count). The van der Waals surface area contributed by atoms with Gasteiger partial charge in [-0.3, -0.25) is 4.79 Å². The lowest BCUT2D eigenvalue weighted by Gasteiger charge is -2.22. The minimum Gasteiger partial charge on any atom is -0.438 e. The Hall–Kier alpha value is -3.09. The lowest BCUT2D eigenvalue weighted by molar-refractivity contribution is -0.124. The quantitative estimate of drug-likeness (QED) is 0.848. The molecule has 27 heavy (non-hydrogen) atoms. The number of hydrogen-bond donors (Lipinski definition) is 2. The minimum absolute atomic E-state index is 0.215. The summed E-state index contributed by atoms with van der Waals surface area (Å²) in [5, 5.41) is 2.87. The number of nitrogens with two attached hydrogens (primary N) is 1. The molecule has 1 aromatic carbocycles. The van der Waals surface area contributed by atoms with Crippen molar-refractivity contribution >= 4 is 11.9 Å². The minimum atomic E-state index is -0.562. The van der Waals surface area contributed by atoms with Gasteiger partial charge in [0.25, 0.3) is 0 Å². The molecule has 0 bridgehead atoms. The van der Waals surface area contributed by atoms with Gasteiger partial charge in [0.15, 0.2) is 0 Å². The van der Waals surface area contributed by atoms with E-state index in [0.717, 1.165) is 28.9 Å². The van der Waals surface area contributed by atoms with Gasteiger partial charge in [-0.05, 0) is 43.9 Å². The molecule has 1 aromatic heterocycles. The Bertz CT molecular complexity index is 833. The number of primary amides is 1. The number of pyridine rings is 1. The van der Waals surface area contributed by atoms with E-state index in [-0.39, 0.29) is 12.5 Å². The van der Waals surface area contributed by atoms with Gasteiger partial charge in [0.2, 0.25) is 11.8 Å². The number of carbonyl (C=O) groups is 2. The van der Waals surface area contributed by atoms with Gasteiger partial charge in [-0.25, -0.2) is 9.78 Å². The van der Waals surface area contributed by atoms with E-state index in [9.17, 15) is 9.59 Å². The van der Waals surface area contributed by atoms with Crippen LogP contribution in [-0.4, -0.2) is 34.4 Å². The summed E-state index contributed by atoms with van der Waals surface area (Å²) >= 11 is 0. The number of aryl methyl sites for hydroxylation is 2. The van der Waals surface area contributed by atoms with Crippen LogP contribution >= 0.6 is 0 Å². The highest BCUT2D eigenvalue weighted by Gasteiger charge is 2.32. The van der Waals surface area contributed by atoms with Gasteiger partial charge in [0, 0.05) is 24.8 Å². The molecule has 0 radical (unpaired) electrons. The summed E-state index contributed by atoms with van der Waals surface area (Å²) in [6, 6.07) is 8.51. The number of ether oxygens (including phenoxy) is 1. The molecule has 0 aliphatic carbocycles. The van der Waals surface area contributed by atoms with E-state index < -0.39 is 12.1 Å². The molecule has 7 nitrogen and oxygen atoms in total. The largest absolute Gasteiger partial charge is 0.438 e. The molecule has 2 aromatic rings. The van der Waals surface area contributed by atoms with Crippen molar-refractivity contribution in [3.63, 3.8) is 0 Å². The first-order valence-corrected chi connectivity index (χ1v) is 8.99. The highest BCUT2D eigenvalue weighted by atomic mass is 16.5. The second kappa shape index (κ2) is 8.07. The third kappa shape index (κ3) is 4.19. The molecule has 1 aliphatic heterocycles. The lowest BCUT2D eigenvalue weighted by atomic mass is 10.1. The molecule has 1 fully saturated rings. The smallest absolute Gasteiger partial charge is 0.315 e. The van der Waals surface area contributed by atoms with Crippen molar-refractivity contribution in [2.24, 2.45) is 5.73 Å². The van der Waals surface area contributed by atoms with E-state index in [1.807, 2.05) is 38.1 Å². The van der Waals surface area contributed by atoms with Crippen LogP contribution in [0.5, 0.6) is 11.6 Å². The van der Waals surface area contributed by atoms with Gasteiger partial charge < -0.3 is 20.7 Å². The number of likely N-dealkylation sites (tertiary alicyclic amines) is 1. The molecule has 2 heterocycles. The van der Waals surface area contributed by atoms with Gasteiger partial charge in [-0.2, -0.15) is 0 Å². The van der Waals surface area contributed by atoms with Gasteiger partial charge in [0.1, 0.15) is 11.8 Å². The zero-order chi connectivity index (χ0) is 19.4. The third-order valence-corrected chi connectivity index (χ3v) is 4.75. The highest BCUT2D eigenvalue weighted by Crippen LogP contribution is 2.29. The first-order chi connectivity index (χ1) is 13.0. The molecule has 3 N–H and O–H groups in total. The Labute approximate surface area is 158 Å². The van der Waals surface area contributed by atoms with E-state index >= 15 is 0 Å². The summed E-state index contributed by atoms with van der Waals surface area (Å²) in [4.78, 5) is 29.7. The Morgan fingerprint density at radius 1 is 1.26 bits per heavy atom. The molecule has 1 aliphatic rings. The second-order valence-electron chi connectivity index (χ2n) is 6.70. The SMILES string of the molecule is Cc1cccc(C)c1Oc1ncccc1CNC(=O)C1CCCN1C(N)=O. The Balaban J connectivity index is 1.71. The van der Waals surface area contributed by atoms with Crippen LogP contribution in [0.15, 0.2) is 36.5 Å². The van der Waals surface area contributed by atoms with Crippen LogP contribution in [0.1, 0.15) is 29.5 Å². The molecular formula is C20H24N4O3. The number of nitrogens with zero attached hydrogens (tertiary/aromatic N) is 2. The maximum absolute atomic E-state index is 12.5. The van der Waals surface area contributed by atoms with Crippen molar-refractivity contribution in [2.45, 2.75) is 39.3 Å². The molecule has 0 spiro atoms. The van der Waals surface area contributed by atoms with Crippen molar-refractivity contribution in [3.05, 3.63) is 53.2 Å².